The van der Waals surface area contributed by atoms with E-state index >= 15 is 0 Å². The first-order chi connectivity index (χ1) is 16.9. The number of urea groups is 1. The fourth-order valence-electron chi connectivity index (χ4n) is 3.90. The summed E-state index contributed by atoms with van der Waals surface area (Å²) in [6, 6.07) is 14.1. The fourth-order valence-corrected chi connectivity index (χ4v) is 3.90. The molecule has 3 amide bonds. The first kappa shape index (κ1) is 24.3. The second-order valence-electron chi connectivity index (χ2n) is 8.39. The molecule has 35 heavy (non-hydrogen) atoms. The third-order valence-corrected chi connectivity index (χ3v) is 5.84. The van der Waals surface area contributed by atoms with Crippen LogP contribution in [0.25, 0.3) is 11.3 Å². The molecule has 2 heterocycles. The molecule has 0 aliphatic carbocycles. The number of aryl methyl sites for hydroxylation is 1. The van der Waals surface area contributed by atoms with Crippen LogP contribution >= 0.6 is 0 Å². The lowest BCUT2D eigenvalue weighted by Gasteiger charge is -2.19. The summed E-state index contributed by atoms with van der Waals surface area (Å²) in [5.41, 5.74) is 4.76. The molecule has 0 unspecified atom stereocenters. The van der Waals surface area contributed by atoms with Crippen LogP contribution in [0.3, 0.4) is 0 Å². The summed E-state index contributed by atoms with van der Waals surface area (Å²) in [6.45, 7) is 8.87. The van der Waals surface area contributed by atoms with E-state index in [1.54, 1.807) is 16.0 Å². The molecule has 1 aromatic heterocycles. The van der Waals surface area contributed by atoms with E-state index < -0.39 is 0 Å². The molecule has 0 atom stereocenters. The lowest BCUT2D eigenvalue weighted by atomic mass is 10.1. The van der Waals surface area contributed by atoms with Gasteiger partial charge >= 0.3 is 6.03 Å². The van der Waals surface area contributed by atoms with Crippen molar-refractivity contribution in [1.82, 2.24) is 15.2 Å². The first-order valence-electron chi connectivity index (χ1n) is 11.8. The first-order valence-corrected chi connectivity index (χ1v) is 11.8. The minimum absolute atomic E-state index is 0.0591. The quantitative estimate of drug-likeness (QED) is 0.451. The Labute approximate surface area is 205 Å². The molecule has 0 saturated carbocycles. The van der Waals surface area contributed by atoms with Gasteiger partial charge in [0.15, 0.2) is 5.76 Å². The number of carbonyl (C=O) groups excluding carboxylic acids is 2. The van der Waals surface area contributed by atoms with Crippen LogP contribution < -0.4 is 15.5 Å². The SMILES string of the molecule is CCOCc1ccc(C)c(Nc2ncc(-c3ccc(N4CCN(CCNC(C)=O)C4=O)cc3)o2)c1. The van der Waals surface area contributed by atoms with Crippen LogP contribution in [0.5, 0.6) is 0 Å². The van der Waals surface area contributed by atoms with Gasteiger partial charge in [0.2, 0.25) is 5.91 Å². The zero-order valence-electron chi connectivity index (χ0n) is 20.3. The molecule has 2 N–H and O–H groups in total. The van der Waals surface area contributed by atoms with E-state index in [4.69, 9.17) is 9.15 Å². The van der Waals surface area contributed by atoms with Crippen molar-refractivity contribution in [1.29, 1.82) is 0 Å². The number of nitrogens with one attached hydrogen (secondary N) is 2. The summed E-state index contributed by atoms with van der Waals surface area (Å²) in [5.74, 6) is 0.534. The van der Waals surface area contributed by atoms with Crippen LogP contribution in [0.15, 0.2) is 53.1 Å². The minimum Gasteiger partial charge on any atom is -0.423 e. The largest absolute Gasteiger partial charge is 0.423 e. The molecule has 4 rings (SSSR count). The Morgan fingerprint density at radius 3 is 2.71 bits per heavy atom. The van der Waals surface area contributed by atoms with Crippen molar-refractivity contribution in [3.05, 3.63) is 59.8 Å². The Kier molecular flexibility index (Phi) is 7.67. The van der Waals surface area contributed by atoms with Crippen molar-refractivity contribution in [3.8, 4) is 11.3 Å². The molecule has 1 aliphatic rings. The summed E-state index contributed by atoms with van der Waals surface area (Å²) < 4.78 is 11.4. The molecule has 0 bridgehead atoms. The van der Waals surface area contributed by atoms with Gasteiger partial charge < -0.3 is 24.7 Å². The summed E-state index contributed by atoms with van der Waals surface area (Å²) in [4.78, 5) is 31.6. The summed E-state index contributed by atoms with van der Waals surface area (Å²) in [5, 5.41) is 5.98. The highest BCUT2D eigenvalue weighted by Gasteiger charge is 2.29. The highest BCUT2D eigenvalue weighted by Crippen LogP contribution is 2.29. The van der Waals surface area contributed by atoms with E-state index in [1.165, 1.54) is 6.92 Å². The van der Waals surface area contributed by atoms with Gasteiger partial charge in [-0.2, -0.15) is 0 Å². The van der Waals surface area contributed by atoms with Crippen molar-refractivity contribution in [2.24, 2.45) is 0 Å². The third-order valence-electron chi connectivity index (χ3n) is 5.84. The van der Waals surface area contributed by atoms with Gasteiger partial charge in [0, 0.05) is 56.6 Å². The Morgan fingerprint density at radius 2 is 1.97 bits per heavy atom. The minimum atomic E-state index is -0.0971. The normalized spacial score (nSPS) is 13.4. The van der Waals surface area contributed by atoms with Crippen LogP contribution in [0.4, 0.5) is 22.2 Å². The van der Waals surface area contributed by atoms with Crippen molar-refractivity contribution < 1.29 is 18.7 Å². The highest BCUT2D eigenvalue weighted by atomic mass is 16.5. The molecule has 9 nitrogen and oxygen atoms in total. The number of benzene rings is 2. The maximum absolute atomic E-state index is 12.7. The van der Waals surface area contributed by atoms with Gasteiger partial charge in [-0.25, -0.2) is 9.78 Å². The lowest BCUT2D eigenvalue weighted by molar-refractivity contribution is -0.118. The van der Waals surface area contributed by atoms with Gasteiger partial charge in [0.05, 0.1) is 12.8 Å². The molecule has 1 fully saturated rings. The number of aromatic nitrogens is 1. The van der Waals surface area contributed by atoms with E-state index in [-0.39, 0.29) is 11.9 Å². The van der Waals surface area contributed by atoms with E-state index in [2.05, 4.69) is 15.6 Å². The molecule has 1 saturated heterocycles. The van der Waals surface area contributed by atoms with Gasteiger partial charge in [0.25, 0.3) is 6.01 Å². The van der Waals surface area contributed by atoms with Gasteiger partial charge in [0.1, 0.15) is 0 Å². The highest BCUT2D eigenvalue weighted by molar-refractivity contribution is 5.94. The van der Waals surface area contributed by atoms with Crippen molar-refractivity contribution in [2.45, 2.75) is 27.4 Å². The Hall–Kier alpha value is -3.85. The number of hydrogen-bond acceptors (Lipinski definition) is 6. The molecule has 0 radical (unpaired) electrons. The average molecular weight is 478 g/mol. The van der Waals surface area contributed by atoms with E-state index in [1.807, 2.05) is 56.3 Å². The fraction of sp³-hybridized carbons (Fsp3) is 0.346. The number of nitrogens with zero attached hydrogens (tertiary/aromatic N) is 3. The zero-order valence-corrected chi connectivity index (χ0v) is 20.3. The van der Waals surface area contributed by atoms with Crippen LogP contribution in [-0.4, -0.2) is 54.6 Å². The van der Waals surface area contributed by atoms with E-state index in [0.29, 0.717) is 51.2 Å². The molecule has 9 heteroatoms. The number of hydrogen-bond donors (Lipinski definition) is 2. The maximum Gasteiger partial charge on any atom is 0.324 e. The number of amides is 3. The standard InChI is InChI=1S/C26H31N5O4/c1-4-34-17-20-6-5-18(2)23(15-20)29-25-28-16-24(35-25)21-7-9-22(10-8-21)31-14-13-30(26(31)33)12-11-27-19(3)32/h5-10,15-16H,4,11-14,17H2,1-3H3,(H,27,32)(H,28,29). The summed E-state index contributed by atoms with van der Waals surface area (Å²) >= 11 is 0. The predicted octanol–water partition coefficient (Wildman–Crippen LogP) is 4.31. The molecular formula is C26H31N5O4. The Morgan fingerprint density at radius 1 is 1.17 bits per heavy atom. The van der Waals surface area contributed by atoms with Gasteiger partial charge in [-0.15, -0.1) is 0 Å². The van der Waals surface area contributed by atoms with Crippen LogP contribution in [0, 0.1) is 6.92 Å². The molecule has 0 spiro atoms. The predicted molar refractivity (Wildman–Crippen MR) is 135 cm³/mol. The summed E-state index contributed by atoms with van der Waals surface area (Å²) in [6.07, 6.45) is 1.68. The number of carbonyl (C=O) groups is 2. The van der Waals surface area contributed by atoms with Crippen LogP contribution in [-0.2, 0) is 16.1 Å². The van der Waals surface area contributed by atoms with Crippen molar-refractivity contribution in [2.75, 3.05) is 43.0 Å². The number of ether oxygens (including phenoxy) is 1. The average Bonchev–Trinajstić information content (AvgIpc) is 3.46. The second kappa shape index (κ2) is 11.1. The zero-order chi connectivity index (χ0) is 24.8. The molecule has 184 valence electrons. The lowest BCUT2D eigenvalue weighted by Crippen LogP contribution is -2.37. The monoisotopic (exact) mass is 477 g/mol. The van der Waals surface area contributed by atoms with Gasteiger partial charge in [-0.1, -0.05) is 12.1 Å². The van der Waals surface area contributed by atoms with Crippen molar-refractivity contribution in [3.63, 3.8) is 0 Å². The number of oxazole rings is 1. The topological polar surface area (TPSA) is 99.9 Å². The Bertz CT molecular complexity index is 1170. The second-order valence-corrected chi connectivity index (χ2v) is 8.39. The van der Waals surface area contributed by atoms with Crippen LogP contribution in [0.1, 0.15) is 25.0 Å². The summed E-state index contributed by atoms with van der Waals surface area (Å²) in [7, 11) is 0. The van der Waals surface area contributed by atoms with Gasteiger partial charge in [-0.05, 0) is 55.3 Å². The molecule has 2 aromatic carbocycles. The van der Waals surface area contributed by atoms with E-state index in [0.717, 1.165) is 28.1 Å². The maximum atomic E-state index is 12.7. The third kappa shape index (κ3) is 5.99. The molecule has 3 aromatic rings. The van der Waals surface area contributed by atoms with Crippen molar-refractivity contribution >= 4 is 29.3 Å². The smallest absolute Gasteiger partial charge is 0.324 e. The number of anilines is 3. The van der Waals surface area contributed by atoms with Gasteiger partial charge in [-0.3, -0.25) is 9.69 Å². The Balaban J connectivity index is 1.39. The van der Waals surface area contributed by atoms with Crippen LogP contribution in [0.2, 0.25) is 0 Å². The molecular weight excluding hydrogens is 446 g/mol. The van der Waals surface area contributed by atoms with E-state index in [9.17, 15) is 9.59 Å². The molecule has 1 aliphatic heterocycles. The number of rotatable bonds is 10.